The topological polar surface area (TPSA) is 94.8 Å². The third-order valence-electron chi connectivity index (χ3n) is 5.43. The highest BCUT2D eigenvalue weighted by molar-refractivity contribution is 5.98. The van der Waals surface area contributed by atoms with Crippen LogP contribution in [-0.2, 0) is 0 Å². The van der Waals surface area contributed by atoms with Crippen molar-refractivity contribution in [3.8, 4) is 6.07 Å². The average molecular weight is 436 g/mol. The molecule has 0 bridgehead atoms. The van der Waals surface area contributed by atoms with Gasteiger partial charge in [0.25, 0.3) is 0 Å². The Morgan fingerprint density at radius 2 is 1.94 bits per heavy atom. The maximum absolute atomic E-state index is 14.0. The predicted molar refractivity (Wildman–Crippen MR) is 116 cm³/mol. The highest BCUT2D eigenvalue weighted by Crippen LogP contribution is 2.31. The molecule has 0 spiro atoms. The lowest BCUT2D eigenvalue weighted by atomic mass is 9.88. The van der Waals surface area contributed by atoms with Crippen molar-refractivity contribution >= 4 is 28.5 Å². The molecule has 1 aliphatic heterocycles. The van der Waals surface area contributed by atoms with Gasteiger partial charge in [-0.2, -0.15) is 5.26 Å². The molecule has 0 radical (unpaired) electrons. The Hall–Kier alpha value is -3.67. The number of nitrogens with zero attached hydrogens (tertiary/aromatic N) is 5. The molecule has 2 aromatic heterocycles. The van der Waals surface area contributed by atoms with E-state index < -0.39 is 17.6 Å². The summed E-state index contributed by atoms with van der Waals surface area (Å²) in [6.45, 7) is 5.01. The van der Waals surface area contributed by atoms with Crippen LogP contribution in [-0.4, -0.2) is 39.9 Å². The van der Waals surface area contributed by atoms with Crippen LogP contribution < -0.4 is 10.2 Å². The van der Waals surface area contributed by atoms with Crippen molar-refractivity contribution in [3.63, 3.8) is 0 Å². The average Bonchev–Trinajstić information content (AvgIpc) is 2.79. The van der Waals surface area contributed by atoms with E-state index in [4.69, 9.17) is 10.2 Å². The number of carbonyl (C=O) groups is 1. The van der Waals surface area contributed by atoms with E-state index >= 15 is 0 Å². The van der Waals surface area contributed by atoms with Gasteiger partial charge in [-0.15, -0.1) is 0 Å². The van der Waals surface area contributed by atoms with Crippen molar-refractivity contribution in [1.29, 1.82) is 5.26 Å². The minimum Gasteiger partial charge on any atom is -0.365 e. The maximum atomic E-state index is 14.0. The van der Waals surface area contributed by atoms with Gasteiger partial charge in [0, 0.05) is 31.1 Å². The number of nitrogens with one attached hydrogen (secondary N) is 1. The van der Waals surface area contributed by atoms with Crippen LogP contribution in [0.5, 0.6) is 0 Å². The molecule has 1 aromatic carbocycles. The number of carbonyl (C=O) groups excluding carboxylic acids is 1. The number of pyridine rings is 1. The highest BCUT2D eigenvalue weighted by atomic mass is 19.1. The van der Waals surface area contributed by atoms with Gasteiger partial charge in [0.2, 0.25) is 0 Å². The van der Waals surface area contributed by atoms with Crippen LogP contribution in [0.4, 0.5) is 20.4 Å². The molecule has 32 heavy (non-hydrogen) atoms. The largest absolute Gasteiger partial charge is 0.365 e. The van der Waals surface area contributed by atoms with Gasteiger partial charge >= 0.3 is 0 Å². The standard InChI is InChI=1S/C23H22F2N6O/c1-13(2)28-22-23(30-20-12-27-16(11-26)10-19(20)29-22)31-7-5-14(6-8-31)21(32)17-9-15(24)3-4-18(17)25/h3-4,9-10,12-14H,5-8H2,1-2H3,(H,28,29). The van der Waals surface area contributed by atoms with Crippen LogP contribution in [0.2, 0.25) is 0 Å². The second-order valence-corrected chi connectivity index (χ2v) is 8.11. The van der Waals surface area contributed by atoms with Crippen molar-refractivity contribution in [2.75, 3.05) is 23.3 Å². The van der Waals surface area contributed by atoms with E-state index in [2.05, 4.69) is 15.3 Å². The first kappa shape index (κ1) is 21.6. The number of nitriles is 1. The van der Waals surface area contributed by atoms with Crippen molar-refractivity contribution in [2.45, 2.75) is 32.7 Å². The Morgan fingerprint density at radius 3 is 2.62 bits per heavy atom. The minimum absolute atomic E-state index is 0.104. The SMILES string of the molecule is CC(C)Nc1nc2cc(C#N)ncc2nc1N1CCC(C(=O)c2cc(F)ccc2F)CC1. The fourth-order valence-electron chi connectivity index (χ4n) is 3.86. The van der Waals surface area contributed by atoms with Crippen molar-refractivity contribution < 1.29 is 13.6 Å². The molecular weight excluding hydrogens is 414 g/mol. The number of benzene rings is 1. The number of hydrogen-bond donors (Lipinski definition) is 1. The summed E-state index contributed by atoms with van der Waals surface area (Å²) in [5, 5.41) is 12.4. The molecule has 9 heteroatoms. The van der Waals surface area contributed by atoms with Gasteiger partial charge in [-0.3, -0.25) is 4.79 Å². The molecule has 1 fully saturated rings. The number of Topliss-reactive ketones (excluding diaryl/α,β-unsaturated/α-hetero) is 1. The molecule has 0 atom stereocenters. The molecule has 0 unspecified atom stereocenters. The van der Waals surface area contributed by atoms with Gasteiger partial charge in [0.05, 0.1) is 17.3 Å². The zero-order valence-corrected chi connectivity index (χ0v) is 17.8. The van der Waals surface area contributed by atoms with Crippen molar-refractivity contribution in [1.82, 2.24) is 15.0 Å². The summed E-state index contributed by atoms with van der Waals surface area (Å²) in [5.41, 5.74) is 1.19. The Morgan fingerprint density at radius 1 is 1.19 bits per heavy atom. The molecule has 0 aliphatic carbocycles. The molecule has 7 nitrogen and oxygen atoms in total. The lowest BCUT2D eigenvalue weighted by molar-refractivity contribution is 0.0895. The van der Waals surface area contributed by atoms with E-state index in [-0.39, 0.29) is 23.1 Å². The fraction of sp³-hybridized carbons (Fsp3) is 0.348. The minimum atomic E-state index is -0.702. The fourth-order valence-corrected chi connectivity index (χ4v) is 3.86. The smallest absolute Gasteiger partial charge is 0.172 e. The van der Waals surface area contributed by atoms with Gasteiger partial charge in [-0.05, 0) is 44.9 Å². The van der Waals surface area contributed by atoms with E-state index in [9.17, 15) is 13.6 Å². The van der Waals surface area contributed by atoms with Gasteiger partial charge in [0.15, 0.2) is 17.4 Å². The third-order valence-corrected chi connectivity index (χ3v) is 5.43. The van der Waals surface area contributed by atoms with E-state index in [0.29, 0.717) is 48.6 Å². The summed E-state index contributed by atoms with van der Waals surface area (Å²) >= 11 is 0. The second-order valence-electron chi connectivity index (χ2n) is 8.11. The maximum Gasteiger partial charge on any atom is 0.172 e. The number of ketones is 1. The molecule has 3 aromatic rings. The molecule has 3 heterocycles. The summed E-state index contributed by atoms with van der Waals surface area (Å²) in [4.78, 5) is 28.2. The predicted octanol–water partition coefficient (Wildman–Crippen LogP) is 4.09. The van der Waals surface area contributed by atoms with Gasteiger partial charge < -0.3 is 10.2 Å². The lowest BCUT2D eigenvalue weighted by Crippen LogP contribution is -2.37. The molecule has 0 saturated carbocycles. The van der Waals surface area contributed by atoms with Gasteiger partial charge in [-0.25, -0.2) is 23.7 Å². The number of rotatable bonds is 5. The monoisotopic (exact) mass is 436 g/mol. The zero-order valence-electron chi connectivity index (χ0n) is 17.8. The van der Waals surface area contributed by atoms with E-state index in [0.717, 1.165) is 18.2 Å². The number of aromatic nitrogens is 3. The first-order valence-electron chi connectivity index (χ1n) is 10.4. The van der Waals surface area contributed by atoms with Crippen LogP contribution in [0.25, 0.3) is 11.0 Å². The molecule has 1 N–H and O–H groups in total. The van der Waals surface area contributed by atoms with E-state index in [1.54, 1.807) is 6.07 Å². The van der Waals surface area contributed by atoms with E-state index in [1.807, 2.05) is 24.8 Å². The van der Waals surface area contributed by atoms with Crippen molar-refractivity contribution in [3.05, 3.63) is 53.4 Å². The van der Waals surface area contributed by atoms with Gasteiger partial charge in [-0.1, -0.05) is 0 Å². The summed E-state index contributed by atoms with van der Waals surface area (Å²) < 4.78 is 27.6. The van der Waals surface area contributed by atoms with Crippen molar-refractivity contribution in [2.24, 2.45) is 5.92 Å². The first-order chi connectivity index (χ1) is 15.4. The molecule has 4 rings (SSSR count). The van der Waals surface area contributed by atoms with Crippen LogP contribution in [0.3, 0.4) is 0 Å². The molecule has 164 valence electrons. The summed E-state index contributed by atoms with van der Waals surface area (Å²) in [6, 6.07) is 6.65. The summed E-state index contributed by atoms with van der Waals surface area (Å²) in [7, 11) is 0. The quantitative estimate of drug-likeness (QED) is 0.602. The van der Waals surface area contributed by atoms with Crippen LogP contribution >= 0.6 is 0 Å². The van der Waals surface area contributed by atoms with Crippen LogP contribution in [0.15, 0.2) is 30.5 Å². The number of anilines is 2. The van der Waals surface area contributed by atoms with E-state index in [1.165, 1.54) is 6.20 Å². The Labute approximate surface area is 184 Å². The van der Waals surface area contributed by atoms with Gasteiger partial charge in [0.1, 0.15) is 28.9 Å². The molecule has 1 saturated heterocycles. The Kier molecular flexibility index (Phi) is 5.95. The number of hydrogen-bond acceptors (Lipinski definition) is 7. The second kappa shape index (κ2) is 8.83. The molecular formula is C23H22F2N6O. The number of halogens is 2. The lowest BCUT2D eigenvalue weighted by Gasteiger charge is -2.33. The Balaban J connectivity index is 1.58. The van der Waals surface area contributed by atoms with Crippen LogP contribution in [0.1, 0.15) is 42.7 Å². The summed E-state index contributed by atoms with van der Waals surface area (Å²) in [6.07, 6.45) is 2.50. The number of piperidine rings is 1. The third kappa shape index (κ3) is 4.35. The summed E-state index contributed by atoms with van der Waals surface area (Å²) in [5.74, 6) is -0.871. The normalized spacial score (nSPS) is 14.6. The molecule has 1 aliphatic rings. The zero-order chi connectivity index (χ0) is 22.8. The first-order valence-corrected chi connectivity index (χ1v) is 10.4. The van der Waals surface area contributed by atoms with Crippen LogP contribution in [0, 0.1) is 28.9 Å². The molecule has 0 amide bonds. The highest BCUT2D eigenvalue weighted by Gasteiger charge is 2.29. The number of fused-ring (bicyclic) bond motifs is 1. The Bertz CT molecular complexity index is 1220.